The summed E-state index contributed by atoms with van der Waals surface area (Å²) in [6.07, 6.45) is 5.58. The van der Waals surface area contributed by atoms with E-state index in [1.807, 2.05) is 30.3 Å². The van der Waals surface area contributed by atoms with Gasteiger partial charge in [0.25, 0.3) is 0 Å². The van der Waals surface area contributed by atoms with Gasteiger partial charge in [0.05, 0.1) is 12.6 Å². The predicted octanol–water partition coefficient (Wildman–Crippen LogP) is 3.46. The average Bonchev–Trinajstić information content (AvgIpc) is 3.01. The number of aliphatic carboxylic acids is 1. The summed E-state index contributed by atoms with van der Waals surface area (Å²) in [4.78, 5) is 39.6. The Balaban J connectivity index is 1.67. The van der Waals surface area contributed by atoms with E-state index in [2.05, 4.69) is 5.32 Å². The monoisotopic (exact) mass is 476 g/mol. The van der Waals surface area contributed by atoms with E-state index < -0.39 is 24.1 Å². The van der Waals surface area contributed by atoms with Crippen LogP contribution in [0.2, 0.25) is 0 Å². The molecule has 4 unspecified atom stereocenters. The highest BCUT2D eigenvalue weighted by atomic mass is 32.2. The number of likely N-dealkylation sites (tertiary alicyclic amines) is 1. The fourth-order valence-electron chi connectivity index (χ4n) is 5.07. The molecule has 5 atom stereocenters. The standard InChI is InChI=1S/C25H36N2O5S/c1-3-32-25(31)20(16-33-15-18-10-6-4-7-11-18)26-17(2)23(28)27-21-13-9-5-8-12-19(21)14-22(27)24(29)30/h4,6-7,10-11,17,19-22,26H,3,5,8-9,12-16H2,1-2H3,(H,29,30)/t17-,19?,20?,21?,22?/m0/s1. The number of nitrogens with zero attached hydrogens (tertiary/aromatic N) is 1. The second kappa shape index (κ2) is 12.4. The molecule has 7 nitrogen and oxygen atoms in total. The van der Waals surface area contributed by atoms with E-state index in [1.165, 1.54) is 0 Å². The van der Waals surface area contributed by atoms with Crippen LogP contribution in [0.25, 0.3) is 0 Å². The average molecular weight is 477 g/mol. The van der Waals surface area contributed by atoms with Crippen molar-refractivity contribution in [2.24, 2.45) is 5.92 Å². The number of hydrogen-bond acceptors (Lipinski definition) is 6. The third kappa shape index (κ3) is 6.73. The van der Waals surface area contributed by atoms with Crippen molar-refractivity contribution in [3.05, 3.63) is 35.9 Å². The van der Waals surface area contributed by atoms with E-state index in [9.17, 15) is 19.5 Å². The molecule has 33 heavy (non-hydrogen) atoms. The van der Waals surface area contributed by atoms with Crippen molar-refractivity contribution >= 4 is 29.6 Å². The number of hydrogen-bond donors (Lipinski definition) is 2. The van der Waals surface area contributed by atoms with Crippen LogP contribution in [0.5, 0.6) is 0 Å². The van der Waals surface area contributed by atoms with E-state index in [4.69, 9.17) is 4.74 Å². The predicted molar refractivity (Wildman–Crippen MR) is 129 cm³/mol. The first-order chi connectivity index (χ1) is 15.9. The van der Waals surface area contributed by atoms with E-state index in [-0.39, 0.29) is 30.4 Å². The summed E-state index contributed by atoms with van der Waals surface area (Å²) in [6, 6.07) is 7.85. The van der Waals surface area contributed by atoms with Gasteiger partial charge < -0.3 is 14.7 Å². The minimum absolute atomic E-state index is 0.0288. The first kappa shape index (κ1) is 25.6. The van der Waals surface area contributed by atoms with Gasteiger partial charge in [-0.2, -0.15) is 11.8 Å². The van der Waals surface area contributed by atoms with Crippen LogP contribution in [0.1, 0.15) is 57.9 Å². The van der Waals surface area contributed by atoms with E-state index >= 15 is 0 Å². The molecule has 1 saturated heterocycles. The maximum absolute atomic E-state index is 13.5. The first-order valence-corrected chi connectivity index (χ1v) is 13.2. The Kier molecular flexibility index (Phi) is 9.62. The molecule has 1 aromatic rings. The largest absolute Gasteiger partial charge is 0.480 e. The maximum Gasteiger partial charge on any atom is 0.326 e. The lowest BCUT2D eigenvalue weighted by molar-refractivity contribution is -0.151. The number of fused-ring (bicyclic) bond motifs is 1. The zero-order valence-corrected chi connectivity index (χ0v) is 20.4. The van der Waals surface area contributed by atoms with Gasteiger partial charge in [-0.05, 0) is 44.6 Å². The topological polar surface area (TPSA) is 95.9 Å². The van der Waals surface area contributed by atoms with Gasteiger partial charge in [-0.25, -0.2) is 4.79 Å². The fourth-order valence-corrected chi connectivity index (χ4v) is 6.08. The molecule has 1 saturated carbocycles. The van der Waals surface area contributed by atoms with Crippen LogP contribution in [0, 0.1) is 5.92 Å². The van der Waals surface area contributed by atoms with Crippen LogP contribution >= 0.6 is 11.8 Å². The molecule has 0 bridgehead atoms. The Morgan fingerprint density at radius 1 is 1.18 bits per heavy atom. The lowest BCUT2D eigenvalue weighted by Gasteiger charge is -2.33. The molecule has 2 N–H and O–H groups in total. The fraction of sp³-hybridized carbons (Fsp3) is 0.640. The Labute approximate surface area is 200 Å². The van der Waals surface area contributed by atoms with Crippen molar-refractivity contribution in [3.8, 4) is 0 Å². The molecule has 0 aromatic heterocycles. The Morgan fingerprint density at radius 2 is 1.91 bits per heavy atom. The molecule has 1 aliphatic carbocycles. The number of thioether (sulfide) groups is 1. The molecular formula is C25H36N2O5S. The minimum atomic E-state index is -0.941. The Hall–Kier alpha value is -2.06. The molecule has 182 valence electrons. The number of benzene rings is 1. The van der Waals surface area contributed by atoms with Crippen molar-refractivity contribution in [3.63, 3.8) is 0 Å². The summed E-state index contributed by atoms with van der Waals surface area (Å²) in [7, 11) is 0. The van der Waals surface area contributed by atoms with E-state index in [0.717, 1.165) is 43.4 Å². The van der Waals surface area contributed by atoms with Crippen molar-refractivity contribution in [1.82, 2.24) is 10.2 Å². The Morgan fingerprint density at radius 3 is 2.61 bits per heavy atom. The second-order valence-electron chi connectivity index (χ2n) is 8.99. The molecule has 2 aliphatic rings. The molecule has 8 heteroatoms. The van der Waals surface area contributed by atoms with Crippen LogP contribution < -0.4 is 5.32 Å². The maximum atomic E-state index is 13.5. The first-order valence-electron chi connectivity index (χ1n) is 12.0. The normalized spacial score (nSPS) is 24.4. The Bertz CT molecular complexity index is 805. The van der Waals surface area contributed by atoms with Gasteiger partial charge in [-0.15, -0.1) is 0 Å². The molecule has 1 aliphatic heterocycles. The smallest absolute Gasteiger partial charge is 0.326 e. The number of carboxylic acid groups (broad SMARTS) is 1. The van der Waals surface area contributed by atoms with Crippen LogP contribution in [-0.2, 0) is 24.9 Å². The number of rotatable bonds is 10. The van der Waals surface area contributed by atoms with Gasteiger partial charge >= 0.3 is 11.9 Å². The van der Waals surface area contributed by atoms with Gasteiger partial charge in [-0.1, -0.05) is 49.6 Å². The van der Waals surface area contributed by atoms with Gasteiger partial charge in [-0.3, -0.25) is 14.9 Å². The molecule has 2 fully saturated rings. The highest BCUT2D eigenvalue weighted by Gasteiger charge is 2.48. The van der Waals surface area contributed by atoms with Gasteiger partial charge in [0.1, 0.15) is 12.1 Å². The summed E-state index contributed by atoms with van der Waals surface area (Å²) in [5, 5.41) is 13.0. The third-order valence-electron chi connectivity index (χ3n) is 6.67. The molecule has 1 amide bonds. The van der Waals surface area contributed by atoms with E-state index in [1.54, 1.807) is 30.5 Å². The van der Waals surface area contributed by atoms with Crippen molar-refractivity contribution in [2.75, 3.05) is 12.4 Å². The number of esters is 1. The van der Waals surface area contributed by atoms with E-state index in [0.29, 0.717) is 12.2 Å². The number of ether oxygens (including phenoxy) is 1. The molecule has 0 radical (unpaired) electrons. The number of amides is 1. The molecular weight excluding hydrogens is 440 g/mol. The number of nitrogens with one attached hydrogen (secondary N) is 1. The van der Waals surface area contributed by atoms with Crippen molar-refractivity contribution in [2.45, 2.75) is 82.3 Å². The highest BCUT2D eigenvalue weighted by molar-refractivity contribution is 7.98. The SMILES string of the molecule is CCOC(=O)C(CSCc1ccccc1)N[C@@H](C)C(=O)N1C(C(=O)O)CC2CCCCCC21. The highest BCUT2D eigenvalue weighted by Crippen LogP contribution is 2.39. The quantitative estimate of drug-likeness (QED) is 0.499. The zero-order valence-electron chi connectivity index (χ0n) is 19.6. The van der Waals surface area contributed by atoms with Crippen molar-refractivity contribution < 1.29 is 24.2 Å². The van der Waals surface area contributed by atoms with Crippen LogP contribution in [0.3, 0.4) is 0 Å². The van der Waals surface area contributed by atoms with Gasteiger partial charge in [0.2, 0.25) is 5.91 Å². The molecule has 1 heterocycles. The number of carbonyl (C=O) groups excluding carboxylic acids is 2. The number of carboxylic acids is 1. The summed E-state index contributed by atoms with van der Waals surface area (Å²) in [6.45, 7) is 3.74. The second-order valence-corrected chi connectivity index (χ2v) is 10.0. The lowest BCUT2D eigenvalue weighted by Crippen LogP contribution is -2.56. The molecule has 3 rings (SSSR count). The third-order valence-corrected chi connectivity index (χ3v) is 7.77. The molecule has 1 aromatic carbocycles. The summed E-state index contributed by atoms with van der Waals surface area (Å²) < 4.78 is 5.24. The summed E-state index contributed by atoms with van der Waals surface area (Å²) in [5.41, 5.74) is 1.16. The summed E-state index contributed by atoms with van der Waals surface area (Å²) >= 11 is 1.60. The van der Waals surface area contributed by atoms with Gasteiger partial charge in [0, 0.05) is 17.5 Å². The van der Waals surface area contributed by atoms with Crippen LogP contribution in [0.15, 0.2) is 30.3 Å². The van der Waals surface area contributed by atoms with Gasteiger partial charge in [0.15, 0.2) is 0 Å². The zero-order chi connectivity index (χ0) is 23.8. The molecule has 0 spiro atoms. The summed E-state index contributed by atoms with van der Waals surface area (Å²) in [5.74, 6) is -0.117. The lowest BCUT2D eigenvalue weighted by atomic mass is 9.94. The van der Waals surface area contributed by atoms with Crippen LogP contribution in [0.4, 0.5) is 0 Å². The number of carbonyl (C=O) groups is 3. The minimum Gasteiger partial charge on any atom is -0.480 e. The van der Waals surface area contributed by atoms with Crippen molar-refractivity contribution in [1.29, 1.82) is 0 Å². The van der Waals surface area contributed by atoms with Crippen LogP contribution in [-0.4, -0.2) is 64.4 Å².